The lowest BCUT2D eigenvalue weighted by Crippen LogP contribution is -2.40. The van der Waals surface area contributed by atoms with Crippen LogP contribution in [0.4, 0.5) is 5.69 Å². The zero-order chi connectivity index (χ0) is 16.0. The number of non-ortho nitro benzene ring substituents is 1. The van der Waals surface area contributed by atoms with Crippen molar-refractivity contribution in [2.75, 3.05) is 6.54 Å². The number of nitrogens with one attached hydrogen (secondary N) is 1. The van der Waals surface area contributed by atoms with E-state index in [-0.39, 0.29) is 22.2 Å². The largest absolute Gasteiger partial charge is 0.329 e. The number of unbranched alkanes of at least 4 members (excludes halogenated alkanes) is 1. The van der Waals surface area contributed by atoms with Crippen LogP contribution in [-0.4, -0.2) is 25.9 Å². The topological polar surface area (TPSA) is 115 Å². The maximum absolute atomic E-state index is 12.3. The second-order valence-corrected chi connectivity index (χ2v) is 6.66. The molecule has 1 atom stereocenters. The molecule has 1 rings (SSSR count). The van der Waals surface area contributed by atoms with E-state index in [2.05, 4.69) is 4.72 Å². The average Bonchev–Trinajstić information content (AvgIpc) is 2.43. The van der Waals surface area contributed by atoms with Gasteiger partial charge in [-0.2, -0.15) is 0 Å². The van der Waals surface area contributed by atoms with Gasteiger partial charge in [0.15, 0.2) is 0 Å². The molecule has 0 aromatic heterocycles. The molecule has 0 saturated heterocycles. The maximum Gasteiger partial charge on any atom is 0.270 e. The number of benzene rings is 1. The summed E-state index contributed by atoms with van der Waals surface area (Å²) in [5.74, 6) is 0. The summed E-state index contributed by atoms with van der Waals surface area (Å²) >= 11 is 5.84. The predicted molar refractivity (Wildman–Crippen MR) is 80.8 cm³/mol. The van der Waals surface area contributed by atoms with Crippen LogP contribution in [-0.2, 0) is 10.0 Å². The lowest BCUT2D eigenvalue weighted by atomic mass is 10.1. The van der Waals surface area contributed by atoms with Crippen molar-refractivity contribution in [3.05, 3.63) is 33.3 Å². The minimum Gasteiger partial charge on any atom is -0.329 e. The first-order valence-electron chi connectivity index (χ1n) is 6.48. The normalized spacial score (nSPS) is 13.1. The van der Waals surface area contributed by atoms with E-state index in [1.54, 1.807) is 0 Å². The van der Waals surface area contributed by atoms with E-state index >= 15 is 0 Å². The highest BCUT2D eigenvalue weighted by molar-refractivity contribution is 7.89. The number of nitro groups is 1. The van der Waals surface area contributed by atoms with Gasteiger partial charge in [0, 0.05) is 24.7 Å². The van der Waals surface area contributed by atoms with Gasteiger partial charge in [0.1, 0.15) is 4.90 Å². The summed E-state index contributed by atoms with van der Waals surface area (Å²) in [6.45, 7) is 2.13. The van der Waals surface area contributed by atoms with Crippen molar-refractivity contribution in [1.29, 1.82) is 0 Å². The number of nitrogens with zero attached hydrogens (tertiary/aromatic N) is 1. The highest BCUT2D eigenvalue weighted by Crippen LogP contribution is 2.26. The highest BCUT2D eigenvalue weighted by atomic mass is 35.5. The lowest BCUT2D eigenvalue weighted by Gasteiger charge is -2.17. The third kappa shape index (κ3) is 4.92. The first-order chi connectivity index (χ1) is 9.81. The van der Waals surface area contributed by atoms with Crippen molar-refractivity contribution in [3.8, 4) is 0 Å². The number of rotatable bonds is 8. The van der Waals surface area contributed by atoms with E-state index < -0.39 is 21.0 Å². The van der Waals surface area contributed by atoms with Gasteiger partial charge in [-0.15, -0.1) is 0 Å². The van der Waals surface area contributed by atoms with Gasteiger partial charge in [0.2, 0.25) is 10.0 Å². The molecule has 0 aliphatic carbocycles. The Hall–Kier alpha value is -1.22. The monoisotopic (exact) mass is 335 g/mol. The van der Waals surface area contributed by atoms with Gasteiger partial charge in [-0.3, -0.25) is 10.1 Å². The summed E-state index contributed by atoms with van der Waals surface area (Å²) in [7, 11) is -3.96. The molecule has 0 aliphatic heterocycles. The molecule has 1 unspecified atom stereocenters. The Kier molecular flexibility index (Phi) is 6.53. The van der Waals surface area contributed by atoms with Crippen LogP contribution in [0, 0.1) is 10.1 Å². The average molecular weight is 336 g/mol. The SMILES string of the molecule is CCCCC(CN)NS(=O)(=O)c1cc([N+](=O)[O-])ccc1Cl. The summed E-state index contributed by atoms with van der Waals surface area (Å²) in [6.07, 6.45) is 2.33. The fourth-order valence-corrected chi connectivity index (χ4v) is 3.57. The number of hydrogen-bond acceptors (Lipinski definition) is 5. The fraction of sp³-hybridized carbons (Fsp3) is 0.500. The van der Waals surface area contributed by atoms with Crippen molar-refractivity contribution in [2.24, 2.45) is 5.73 Å². The van der Waals surface area contributed by atoms with Crippen LogP contribution in [0.3, 0.4) is 0 Å². The number of halogens is 1. The van der Waals surface area contributed by atoms with E-state index in [9.17, 15) is 18.5 Å². The predicted octanol–water partition coefficient (Wildman–Crippen LogP) is 2.04. The van der Waals surface area contributed by atoms with Crippen LogP contribution < -0.4 is 10.5 Å². The van der Waals surface area contributed by atoms with Crippen LogP contribution in [0.5, 0.6) is 0 Å². The quantitative estimate of drug-likeness (QED) is 0.557. The van der Waals surface area contributed by atoms with Crippen LogP contribution in [0.25, 0.3) is 0 Å². The molecule has 1 aromatic rings. The van der Waals surface area contributed by atoms with Crippen molar-refractivity contribution >= 4 is 27.3 Å². The first-order valence-corrected chi connectivity index (χ1v) is 8.34. The molecule has 21 heavy (non-hydrogen) atoms. The molecular formula is C12H18ClN3O4S. The standard InChI is InChI=1S/C12H18ClN3O4S/c1-2-3-4-9(8-14)15-21(19,20)12-7-10(16(17)18)5-6-11(12)13/h5-7,9,15H,2-4,8,14H2,1H3. The highest BCUT2D eigenvalue weighted by Gasteiger charge is 2.24. The number of hydrogen-bond donors (Lipinski definition) is 2. The van der Waals surface area contributed by atoms with Crippen LogP contribution in [0.15, 0.2) is 23.1 Å². The maximum atomic E-state index is 12.3. The molecule has 0 fully saturated rings. The Labute approximate surface area is 128 Å². The minimum absolute atomic E-state index is 0.0700. The van der Waals surface area contributed by atoms with Crippen LogP contribution in [0.1, 0.15) is 26.2 Å². The number of nitro benzene ring substituents is 1. The Morgan fingerprint density at radius 2 is 2.14 bits per heavy atom. The summed E-state index contributed by atoms with van der Waals surface area (Å²) in [5.41, 5.74) is 5.21. The smallest absolute Gasteiger partial charge is 0.270 e. The van der Waals surface area contributed by atoms with E-state index in [0.717, 1.165) is 25.0 Å². The molecule has 0 bridgehead atoms. The van der Waals surface area contributed by atoms with Crippen molar-refractivity contribution < 1.29 is 13.3 Å². The molecule has 0 amide bonds. The molecule has 0 spiro atoms. The molecule has 0 heterocycles. The van der Waals surface area contributed by atoms with Gasteiger partial charge in [-0.05, 0) is 12.5 Å². The summed E-state index contributed by atoms with van der Waals surface area (Å²) in [6, 6.07) is 2.86. The van der Waals surface area contributed by atoms with Crippen LogP contribution in [0.2, 0.25) is 5.02 Å². The summed E-state index contributed by atoms with van der Waals surface area (Å²) < 4.78 is 27.0. The van der Waals surface area contributed by atoms with E-state index in [1.807, 2.05) is 6.92 Å². The van der Waals surface area contributed by atoms with Gasteiger partial charge in [-0.1, -0.05) is 31.4 Å². The summed E-state index contributed by atoms with van der Waals surface area (Å²) in [4.78, 5) is 9.75. The van der Waals surface area contributed by atoms with Crippen molar-refractivity contribution in [2.45, 2.75) is 37.1 Å². The Balaban J connectivity index is 3.06. The zero-order valence-corrected chi connectivity index (χ0v) is 13.2. The fourth-order valence-electron chi connectivity index (χ4n) is 1.77. The molecular weight excluding hydrogens is 318 g/mol. The first kappa shape index (κ1) is 17.8. The third-order valence-corrected chi connectivity index (χ3v) is 4.93. The Bertz CT molecular complexity index is 607. The Morgan fingerprint density at radius 1 is 1.48 bits per heavy atom. The number of nitrogens with two attached hydrogens (primary N) is 1. The number of sulfonamides is 1. The second kappa shape index (κ2) is 7.69. The molecule has 118 valence electrons. The zero-order valence-electron chi connectivity index (χ0n) is 11.6. The molecule has 1 aromatic carbocycles. The molecule has 0 saturated carbocycles. The Morgan fingerprint density at radius 3 is 2.67 bits per heavy atom. The van der Waals surface area contributed by atoms with E-state index in [0.29, 0.717) is 6.42 Å². The lowest BCUT2D eigenvalue weighted by molar-refractivity contribution is -0.385. The molecule has 7 nitrogen and oxygen atoms in total. The third-order valence-electron chi connectivity index (χ3n) is 2.93. The minimum atomic E-state index is -3.96. The van der Waals surface area contributed by atoms with Gasteiger partial charge in [0.05, 0.1) is 9.95 Å². The van der Waals surface area contributed by atoms with Crippen molar-refractivity contribution in [3.63, 3.8) is 0 Å². The second-order valence-electron chi connectivity index (χ2n) is 4.57. The van der Waals surface area contributed by atoms with E-state index in [1.165, 1.54) is 6.07 Å². The van der Waals surface area contributed by atoms with Gasteiger partial charge < -0.3 is 5.73 Å². The van der Waals surface area contributed by atoms with Crippen LogP contribution >= 0.6 is 11.6 Å². The van der Waals surface area contributed by atoms with Gasteiger partial charge in [-0.25, -0.2) is 13.1 Å². The molecule has 0 radical (unpaired) electrons. The molecule has 9 heteroatoms. The van der Waals surface area contributed by atoms with Gasteiger partial charge >= 0.3 is 0 Å². The van der Waals surface area contributed by atoms with Crippen molar-refractivity contribution in [1.82, 2.24) is 4.72 Å². The summed E-state index contributed by atoms with van der Waals surface area (Å²) in [5, 5.41) is 10.7. The van der Waals surface area contributed by atoms with Gasteiger partial charge in [0.25, 0.3) is 5.69 Å². The van der Waals surface area contributed by atoms with E-state index in [4.69, 9.17) is 17.3 Å². The molecule has 3 N–H and O–H groups in total. The molecule has 0 aliphatic rings.